The summed E-state index contributed by atoms with van der Waals surface area (Å²) in [5.41, 5.74) is 13.1. The predicted octanol–water partition coefficient (Wildman–Crippen LogP) is 10.00. The highest BCUT2D eigenvalue weighted by Gasteiger charge is 2.42. The highest BCUT2D eigenvalue weighted by Crippen LogP contribution is 2.43. The van der Waals surface area contributed by atoms with Gasteiger partial charge in [0.2, 0.25) is 0 Å². The Hall–Kier alpha value is -2.15. The van der Waals surface area contributed by atoms with Gasteiger partial charge in [-0.3, -0.25) is 0 Å². The zero-order valence-electron chi connectivity index (χ0n) is 26.6. The number of hydrogen-bond acceptors (Lipinski definition) is 2. The molecule has 2 aromatic carbocycles. The van der Waals surface area contributed by atoms with Gasteiger partial charge in [-0.05, 0) is 57.5 Å². The zero-order valence-corrected chi connectivity index (χ0v) is 28.6. The Balaban J connectivity index is 2.77. The van der Waals surface area contributed by atoms with Crippen molar-refractivity contribution in [2.75, 3.05) is 14.2 Å². The Bertz CT molecular complexity index is 1090. The topological polar surface area (TPSA) is 18.5 Å². The molecular formula is C34H52O2Si2. The molecule has 0 aromatic heterocycles. The molecule has 0 fully saturated rings. The fourth-order valence-electron chi connectivity index (χ4n) is 7.20. The maximum atomic E-state index is 5.98. The first-order valence-electron chi connectivity index (χ1n) is 14.5. The van der Waals surface area contributed by atoms with Crippen molar-refractivity contribution < 1.29 is 9.47 Å². The molecule has 0 N–H and O–H groups in total. The monoisotopic (exact) mass is 548 g/mol. The molecule has 0 radical (unpaired) electrons. The number of benzene rings is 2. The van der Waals surface area contributed by atoms with Crippen LogP contribution in [-0.2, 0) is 0 Å². The van der Waals surface area contributed by atoms with Gasteiger partial charge in [-0.15, -0.1) is 11.1 Å². The third kappa shape index (κ3) is 5.73. The molecule has 4 heteroatoms. The van der Waals surface area contributed by atoms with Gasteiger partial charge >= 0.3 is 0 Å². The maximum absolute atomic E-state index is 5.98. The molecule has 0 atom stereocenters. The van der Waals surface area contributed by atoms with Crippen LogP contribution in [0.4, 0.5) is 0 Å². The fourth-order valence-corrected chi connectivity index (χ4v) is 17.6. The van der Waals surface area contributed by atoms with Crippen molar-refractivity contribution in [1.29, 1.82) is 0 Å². The molecule has 2 rings (SSSR count). The molecule has 0 saturated carbocycles. The molecule has 0 bridgehead atoms. The summed E-state index contributed by atoms with van der Waals surface area (Å²) in [4.78, 5) is 0. The second kappa shape index (κ2) is 12.8. The first kappa shape index (κ1) is 32.1. The second-order valence-electron chi connectivity index (χ2n) is 12.7. The summed E-state index contributed by atoms with van der Waals surface area (Å²) in [7, 11) is -0.222. The summed E-state index contributed by atoms with van der Waals surface area (Å²) in [5, 5.41) is 2.04. The molecule has 0 saturated heterocycles. The number of rotatable bonds is 8. The van der Waals surface area contributed by atoms with Gasteiger partial charge in [0, 0.05) is 10.8 Å². The van der Waals surface area contributed by atoms with E-state index in [0.717, 1.165) is 33.4 Å². The Morgan fingerprint density at radius 1 is 0.474 bits per heavy atom. The van der Waals surface area contributed by atoms with E-state index in [1.807, 2.05) is 0 Å². The third-order valence-corrected chi connectivity index (χ3v) is 21.6. The predicted molar refractivity (Wildman–Crippen MR) is 173 cm³/mol. The van der Waals surface area contributed by atoms with Crippen molar-refractivity contribution in [3.63, 3.8) is 0 Å². The molecule has 2 nitrogen and oxygen atoms in total. The maximum Gasteiger partial charge on any atom is 0.146 e. The molecule has 0 spiro atoms. The molecular weight excluding hydrogens is 497 g/mol. The number of methoxy groups -OCH3 is 2. The van der Waals surface area contributed by atoms with Crippen LogP contribution in [0.15, 0.2) is 24.3 Å². The Kier molecular flexibility index (Phi) is 10.8. The lowest BCUT2D eigenvalue weighted by Crippen LogP contribution is -2.43. The van der Waals surface area contributed by atoms with E-state index in [2.05, 4.69) is 130 Å². The largest absolute Gasteiger partial charge is 0.495 e. The van der Waals surface area contributed by atoms with Gasteiger partial charge in [0.15, 0.2) is 0 Å². The van der Waals surface area contributed by atoms with E-state index in [4.69, 9.17) is 9.47 Å². The number of hydrogen-bond donors (Lipinski definition) is 0. The van der Waals surface area contributed by atoms with Crippen LogP contribution in [0, 0.1) is 22.9 Å². The molecule has 0 heterocycles. The molecule has 2 aromatic rings. The van der Waals surface area contributed by atoms with Crippen LogP contribution < -0.4 is 9.47 Å². The van der Waals surface area contributed by atoms with Crippen molar-refractivity contribution in [3.05, 3.63) is 35.4 Å². The van der Waals surface area contributed by atoms with Gasteiger partial charge in [0.05, 0.1) is 25.3 Å². The average molecular weight is 549 g/mol. The SMILES string of the molecule is COc1c(C#C[Si](C(C)C)(C(C)C)C(C)C)ccc2c(OC)c(C#C[Si](C(C)C)(C(C)C)C(C)C)ccc12. The van der Waals surface area contributed by atoms with Crippen molar-refractivity contribution in [3.8, 4) is 34.4 Å². The molecule has 0 amide bonds. The molecule has 208 valence electrons. The van der Waals surface area contributed by atoms with Crippen LogP contribution in [0.25, 0.3) is 10.8 Å². The minimum atomic E-state index is -1.85. The molecule has 38 heavy (non-hydrogen) atoms. The highest BCUT2D eigenvalue weighted by atomic mass is 28.3. The normalized spacial score (nSPS) is 12.4. The zero-order chi connectivity index (χ0) is 29.0. The second-order valence-corrected chi connectivity index (χ2v) is 23.8. The Labute approximate surface area is 236 Å². The Morgan fingerprint density at radius 2 is 0.737 bits per heavy atom. The van der Waals surface area contributed by atoms with Crippen LogP contribution in [0.3, 0.4) is 0 Å². The highest BCUT2D eigenvalue weighted by molar-refractivity contribution is 6.91. The van der Waals surface area contributed by atoms with Crippen molar-refractivity contribution in [2.45, 2.75) is 116 Å². The molecule has 0 unspecified atom stereocenters. The standard InChI is InChI=1S/C34H52O2Si2/c1-23(2)37(24(3)4,25(5)6)21-19-29-15-17-32-31(33(29)35-13)18-16-30(34(32)36-14)20-22-38(26(7)8,27(9)10)28(11)12/h15-18,23-28H,1-14H3. The third-order valence-electron chi connectivity index (χ3n) is 9.07. The minimum Gasteiger partial charge on any atom is -0.495 e. The number of fused-ring (bicyclic) bond motifs is 1. The quantitative estimate of drug-likeness (QED) is 0.241. The van der Waals surface area contributed by atoms with Gasteiger partial charge in [-0.1, -0.05) is 94.9 Å². The van der Waals surface area contributed by atoms with E-state index in [-0.39, 0.29) is 0 Å². The van der Waals surface area contributed by atoms with E-state index < -0.39 is 16.1 Å². The van der Waals surface area contributed by atoms with E-state index in [1.54, 1.807) is 14.2 Å². The lowest BCUT2D eigenvalue weighted by molar-refractivity contribution is 0.414. The van der Waals surface area contributed by atoms with E-state index in [9.17, 15) is 0 Å². The summed E-state index contributed by atoms with van der Waals surface area (Å²) in [6.07, 6.45) is 0. The first-order valence-corrected chi connectivity index (χ1v) is 18.9. The van der Waals surface area contributed by atoms with Gasteiger partial charge in [0.25, 0.3) is 0 Å². The summed E-state index contributed by atoms with van der Waals surface area (Å²) in [6, 6.07) is 8.47. The van der Waals surface area contributed by atoms with Gasteiger partial charge in [0.1, 0.15) is 27.6 Å². The van der Waals surface area contributed by atoms with E-state index in [1.165, 1.54) is 0 Å². The van der Waals surface area contributed by atoms with Crippen molar-refractivity contribution in [2.24, 2.45) is 0 Å². The smallest absolute Gasteiger partial charge is 0.146 e. The fraction of sp³-hybridized carbons (Fsp3) is 0.588. The summed E-state index contributed by atoms with van der Waals surface area (Å²) >= 11 is 0. The van der Waals surface area contributed by atoms with Crippen molar-refractivity contribution in [1.82, 2.24) is 0 Å². The van der Waals surface area contributed by atoms with Crippen LogP contribution >= 0.6 is 0 Å². The molecule has 0 aliphatic carbocycles. The van der Waals surface area contributed by atoms with Gasteiger partial charge in [-0.2, -0.15) is 0 Å². The first-order chi connectivity index (χ1) is 17.7. The Morgan fingerprint density at radius 3 is 0.947 bits per heavy atom. The molecule has 0 aliphatic rings. The van der Waals surface area contributed by atoms with Crippen LogP contribution in [0.1, 0.15) is 94.2 Å². The number of ether oxygens (including phenoxy) is 2. The average Bonchev–Trinajstić information content (AvgIpc) is 2.82. The summed E-state index contributed by atoms with van der Waals surface area (Å²) in [5.74, 6) is 8.84. The van der Waals surface area contributed by atoms with Crippen LogP contribution in [0.5, 0.6) is 11.5 Å². The van der Waals surface area contributed by atoms with Crippen molar-refractivity contribution >= 4 is 26.9 Å². The van der Waals surface area contributed by atoms with E-state index in [0.29, 0.717) is 33.2 Å². The lowest BCUT2D eigenvalue weighted by atomic mass is 10.0. The lowest BCUT2D eigenvalue weighted by Gasteiger charge is -2.38. The van der Waals surface area contributed by atoms with Crippen LogP contribution in [0.2, 0.25) is 33.2 Å². The van der Waals surface area contributed by atoms with Crippen LogP contribution in [-0.4, -0.2) is 30.4 Å². The van der Waals surface area contributed by atoms with E-state index >= 15 is 0 Å². The summed E-state index contributed by atoms with van der Waals surface area (Å²) in [6.45, 7) is 28.2. The van der Waals surface area contributed by atoms with Gasteiger partial charge in [-0.25, -0.2) is 0 Å². The summed E-state index contributed by atoms with van der Waals surface area (Å²) < 4.78 is 12.0. The minimum absolute atomic E-state index is 0.584. The molecule has 0 aliphatic heterocycles. The van der Waals surface area contributed by atoms with Gasteiger partial charge < -0.3 is 9.47 Å².